The number of carbonyl (C=O) groups excluding carboxylic acids is 1. The zero-order valence-corrected chi connectivity index (χ0v) is 13.6. The van der Waals surface area contributed by atoms with Gasteiger partial charge in [-0.25, -0.2) is 4.98 Å². The quantitative estimate of drug-likeness (QED) is 0.782. The Morgan fingerprint density at radius 1 is 1.32 bits per heavy atom. The van der Waals surface area contributed by atoms with Crippen LogP contribution in [-0.2, 0) is 11.3 Å². The molecule has 2 heterocycles. The predicted octanol–water partition coefficient (Wildman–Crippen LogP) is 3.36. The van der Waals surface area contributed by atoms with Gasteiger partial charge in [-0.2, -0.15) is 0 Å². The summed E-state index contributed by atoms with van der Waals surface area (Å²) in [5, 5.41) is 0. The lowest BCUT2D eigenvalue weighted by molar-refractivity contribution is -0.131. The summed E-state index contributed by atoms with van der Waals surface area (Å²) >= 11 is 0. The van der Waals surface area contributed by atoms with Crippen LogP contribution in [0, 0.1) is 5.92 Å². The summed E-state index contributed by atoms with van der Waals surface area (Å²) < 4.78 is 2.37. The second-order valence-corrected chi connectivity index (χ2v) is 6.66. The SMILES string of the molecule is CC=CCC(=O)N1CCC(c2nccn2CC2CCC2)CC1. The number of nitrogens with zero attached hydrogens (tertiary/aromatic N) is 3. The van der Waals surface area contributed by atoms with Gasteiger partial charge >= 0.3 is 0 Å². The van der Waals surface area contributed by atoms with Gasteiger partial charge in [-0.05, 0) is 38.5 Å². The molecule has 1 saturated heterocycles. The van der Waals surface area contributed by atoms with Gasteiger partial charge in [0.2, 0.25) is 5.91 Å². The van der Waals surface area contributed by atoms with Crippen LogP contribution in [0.3, 0.4) is 0 Å². The van der Waals surface area contributed by atoms with Gasteiger partial charge in [0.15, 0.2) is 0 Å². The molecular formula is C18H27N3O. The Bertz CT molecular complexity index is 522. The average molecular weight is 301 g/mol. The zero-order valence-electron chi connectivity index (χ0n) is 13.6. The summed E-state index contributed by atoms with van der Waals surface area (Å²) in [5.74, 6) is 2.87. The van der Waals surface area contributed by atoms with Crippen LogP contribution in [0.1, 0.15) is 57.2 Å². The van der Waals surface area contributed by atoms with Crippen LogP contribution >= 0.6 is 0 Å². The van der Waals surface area contributed by atoms with E-state index in [4.69, 9.17) is 0 Å². The summed E-state index contributed by atoms with van der Waals surface area (Å²) in [5.41, 5.74) is 0. The van der Waals surface area contributed by atoms with Crippen LogP contribution in [0.25, 0.3) is 0 Å². The van der Waals surface area contributed by atoms with Crippen molar-refractivity contribution >= 4 is 5.91 Å². The lowest BCUT2D eigenvalue weighted by Gasteiger charge is -2.33. The average Bonchev–Trinajstić information content (AvgIpc) is 2.97. The smallest absolute Gasteiger partial charge is 0.226 e. The molecule has 0 atom stereocenters. The first kappa shape index (κ1) is 15.3. The molecule has 4 nitrogen and oxygen atoms in total. The first-order valence-electron chi connectivity index (χ1n) is 8.68. The lowest BCUT2D eigenvalue weighted by Crippen LogP contribution is -2.38. The van der Waals surface area contributed by atoms with E-state index in [0.29, 0.717) is 12.3 Å². The second-order valence-electron chi connectivity index (χ2n) is 6.66. The van der Waals surface area contributed by atoms with Crippen LogP contribution in [0.15, 0.2) is 24.5 Å². The van der Waals surface area contributed by atoms with Gasteiger partial charge in [-0.3, -0.25) is 4.79 Å². The van der Waals surface area contributed by atoms with Crippen molar-refractivity contribution in [2.24, 2.45) is 5.92 Å². The number of hydrogen-bond donors (Lipinski definition) is 0. The monoisotopic (exact) mass is 301 g/mol. The minimum absolute atomic E-state index is 0.259. The number of imidazole rings is 1. The van der Waals surface area contributed by atoms with E-state index in [9.17, 15) is 4.79 Å². The molecule has 2 fully saturated rings. The fourth-order valence-electron chi connectivity index (χ4n) is 3.52. The number of aromatic nitrogens is 2. The van der Waals surface area contributed by atoms with Crippen molar-refractivity contribution in [2.75, 3.05) is 13.1 Å². The number of amides is 1. The Kier molecular flexibility index (Phi) is 4.96. The number of hydrogen-bond acceptors (Lipinski definition) is 2. The van der Waals surface area contributed by atoms with E-state index in [1.165, 1.54) is 25.1 Å². The Balaban J connectivity index is 1.55. The van der Waals surface area contributed by atoms with Gasteiger partial charge in [-0.15, -0.1) is 0 Å². The largest absolute Gasteiger partial charge is 0.342 e. The normalized spacial score (nSPS) is 20.5. The van der Waals surface area contributed by atoms with Gasteiger partial charge in [-0.1, -0.05) is 18.6 Å². The van der Waals surface area contributed by atoms with E-state index in [1.807, 2.05) is 30.2 Å². The van der Waals surface area contributed by atoms with Gasteiger partial charge in [0, 0.05) is 44.4 Å². The molecule has 0 spiro atoms. The molecule has 22 heavy (non-hydrogen) atoms. The summed E-state index contributed by atoms with van der Waals surface area (Å²) in [4.78, 5) is 18.7. The minimum Gasteiger partial charge on any atom is -0.342 e. The van der Waals surface area contributed by atoms with E-state index < -0.39 is 0 Å². The van der Waals surface area contributed by atoms with E-state index in [2.05, 4.69) is 15.7 Å². The van der Waals surface area contributed by atoms with E-state index in [-0.39, 0.29) is 5.91 Å². The molecule has 0 N–H and O–H groups in total. The minimum atomic E-state index is 0.259. The fraction of sp³-hybridized carbons (Fsp3) is 0.667. The van der Waals surface area contributed by atoms with E-state index in [1.54, 1.807) is 0 Å². The molecule has 1 amide bonds. The highest BCUT2D eigenvalue weighted by atomic mass is 16.2. The number of likely N-dealkylation sites (tertiary alicyclic amines) is 1. The van der Waals surface area contributed by atoms with Gasteiger partial charge in [0.1, 0.15) is 5.82 Å². The van der Waals surface area contributed by atoms with Crippen molar-refractivity contribution in [3.63, 3.8) is 0 Å². The Morgan fingerprint density at radius 3 is 2.73 bits per heavy atom. The zero-order chi connectivity index (χ0) is 15.4. The second kappa shape index (κ2) is 7.12. The predicted molar refractivity (Wildman–Crippen MR) is 87.6 cm³/mol. The van der Waals surface area contributed by atoms with Crippen molar-refractivity contribution < 1.29 is 4.79 Å². The third-order valence-corrected chi connectivity index (χ3v) is 5.17. The van der Waals surface area contributed by atoms with Crippen LogP contribution in [0.5, 0.6) is 0 Å². The third kappa shape index (κ3) is 3.42. The maximum absolute atomic E-state index is 12.1. The third-order valence-electron chi connectivity index (χ3n) is 5.17. The summed E-state index contributed by atoms with van der Waals surface area (Å²) in [7, 11) is 0. The maximum atomic E-state index is 12.1. The van der Waals surface area contributed by atoms with Gasteiger partial charge in [0.25, 0.3) is 0 Å². The number of rotatable bonds is 5. The van der Waals surface area contributed by atoms with Gasteiger partial charge < -0.3 is 9.47 Å². The molecule has 0 aromatic carbocycles. The Hall–Kier alpha value is -1.58. The Morgan fingerprint density at radius 2 is 2.09 bits per heavy atom. The first-order chi connectivity index (χ1) is 10.8. The highest BCUT2D eigenvalue weighted by Crippen LogP contribution is 2.31. The molecule has 1 saturated carbocycles. The molecule has 1 aromatic rings. The summed E-state index contributed by atoms with van der Waals surface area (Å²) in [6.07, 6.45) is 14.7. The maximum Gasteiger partial charge on any atom is 0.226 e. The van der Waals surface area contributed by atoms with E-state index in [0.717, 1.165) is 38.4 Å². The summed E-state index contributed by atoms with van der Waals surface area (Å²) in [6, 6.07) is 0. The lowest BCUT2D eigenvalue weighted by atomic mass is 9.85. The molecule has 1 aliphatic heterocycles. The number of piperidine rings is 1. The number of allylic oxidation sites excluding steroid dienone is 1. The van der Waals surface area contributed by atoms with Crippen LogP contribution in [0.4, 0.5) is 0 Å². The topological polar surface area (TPSA) is 38.1 Å². The first-order valence-corrected chi connectivity index (χ1v) is 8.68. The van der Waals surface area contributed by atoms with Crippen molar-refractivity contribution in [2.45, 2.75) is 57.9 Å². The standard InChI is InChI=1S/C18H27N3O/c1-2-3-7-17(22)20-11-8-16(9-12-20)18-19-10-13-21(18)14-15-5-4-6-15/h2-3,10,13,15-16H,4-9,11-12,14H2,1H3. The van der Waals surface area contributed by atoms with Crippen LogP contribution in [-0.4, -0.2) is 33.4 Å². The van der Waals surface area contributed by atoms with Crippen molar-refractivity contribution in [3.05, 3.63) is 30.4 Å². The van der Waals surface area contributed by atoms with Crippen molar-refractivity contribution in [1.29, 1.82) is 0 Å². The van der Waals surface area contributed by atoms with Gasteiger partial charge in [0.05, 0.1) is 0 Å². The molecule has 4 heteroatoms. The molecule has 0 bridgehead atoms. The van der Waals surface area contributed by atoms with Crippen LogP contribution in [0.2, 0.25) is 0 Å². The molecule has 120 valence electrons. The number of carbonyl (C=O) groups is 1. The van der Waals surface area contributed by atoms with Crippen LogP contribution < -0.4 is 0 Å². The molecule has 0 radical (unpaired) electrons. The molecule has 0 unspecified atom stereocenters. The molecule has 1 aromatic heterocycles. The van der Waals surface area contributed by atoms with Crippen molar-refractivity contribution in [3.8, 4) is 0 Å². The van der Waals surface area contributed by atoms with Crippen molar-refractivity contribution in [1.82, 2.24) is 14.5 Å². The highest BCUT2D eigenvalue weighted by Gasteiger charge is 2.27. The van der Waals surface area contributed by atoms with E-state index >= 15 is 0 Å². The fourth-order valence-corrected chi connectivity index (χ4v) is 3.52. The molecular weight excluding hydrogens is 274 g/mol. The summed E-state index contributed by atoms with van der Waals surface area (Å²) in [6.45, 7) is 4.84. The molecule has 2 aliphatic rings. The molecule has 3 rings (SSSR count). The Labute approximate surface area is 133 Å². The highest BCUT2D eigenvalue weighted by molar-refractivity contribution is 5.77. The molecule has 1 aliphatic carbocycles.